The fraction of sp³-hybridized carbons (Fsp3) is 0.500. The van der Waals surface area contributed by atoms with Crippen LogP contribution in [0.3, 0.4) is 0 Å². The molecule has 2 aromatic rings. The fourth-order valence-corrected chi connectivity index (χ4v) is 6.01. The topological polar surface area (TPSA) is 54.0 Å². The summed E-state index contributed by atoms with van der Waals surface area (Å²) in [5.74, 6) is 0.631. The van der Waals surface area contributed by atoms with E-state index in [-0.39, 0.29) is 5.97 Å². The molecule has 0 saturated carbocycles. The Labute approximate surface area is 199 Å². The standard InChI is InChI=1S/C24H31N3O3S2/c1-3-30-23(28)21-19-7-5-4-6-8-20(19)32-22(21)25-24(31)27-15-13-26(14-16-27)17-9-11-18(29-2)12-10-17/h9-12H,3-8,13-16H2,1-2H3,(H,25,31). The number of benzene rings is 1. The van der Waals surface area contributed by atoms with Crippen LogP contribution in [0.5, 0.6) is 5.75 Å². The number of nitrogens with one attached hydrogen (secondary N) is 1. The maximum Gasteiger partial charge on any atom is 0.341 e. The van der Waals surface area contributed by atoms with Crippen molar-refractivity contribution in [3.63, 3.8) is 0 Å². The molecule has 172 valence electrons. The van der Waals surface area contributed by atoms with E-state index in [0.717, 1.165) is 56.2 Å². The minimum atomic E-state index is -0.235. The van der Waals surface area contributed by atoms with Gasteiger partial charge in [0.25, 0.3) is 0 Å². The Morgan fingerprint density at radius 3 is 2.50 bits per heavy atom. The summed E-state index contributed by atoms with van der Waals surface area (Å²) < 4.78 is 10.7. The predicted molar refractivity (Wildman–Crippen MR) is 135 cm³/mol. The second kappa shape index (κ2) is 10.5. The first-order valence-electron chi connectivity index (χ1n) is 11.4. The molecule has 0 radical (unpaired) electrons. The highest BCUT2D eigenvalue weighted by Crippen LogP contribution is 2.38. The summed E-state index contributed by atoms with van der Waals surface area (Å²) in [6.45, 7) is 5.67. The number of methoxy groups -OCH3 is 1. The zero-order chi connectivity index (χ0) is 22.5. The number of hydrogen-bond acceptors (Lipinski definition) is 6. The molecule has 1 aromatic heterocycles. The van der Waals surface area contributed by atoms with Gasteiger partial charge in [0.05, 0.1) is 19.3 Å². The van der Waals surface area contributed by atoms with Crippen LogP contribution in [0, 0.1) is 0 Å². The number of carbonyl (C=O) groups excluding carboxylic acids is 1. The lowest BCUT2D eigenvalue weighted by molar-refractivity contribution is 0.0527. The van der Waals surface area contributed by atoms with Crippen molar-refractivity contribution in [2.24, 2.45) is 0 Å². The minimum absolute atomic E-state index is 0.235. The molecular formula is C24H31N3O3S2. The lowest BCUT2D eigenvalue weighted by Gasteiger charge is -2.37. The number of aryl methyl sites for hydroxylation is 1. The van der Waals surface area contributed by atoms with Gasteiger partial charge in [-0.3, -0.25) is 0 Å². The van der Waals surface area contributed by atoms with E-state index < -0.39 is 0 Å². The number of ether oxygens (including phenoxy) is 2. The van der Waals surface area contributed by atoms with Crippen molar-refractivity contribution >= 4 is 45.3 Å². The number of esters is 1. The zero-order valence-electron chi connectivity index (χ0n) is 18.8. The summed E-state index contributed by atoms with van der Waals surface area (Å²) in [5, 5.41) is 4.93. The van der Waals surface area contributed by atoms with Gasteiger partial charge in [-0.2, -0.15) is 0 Å². The van der Waals surface area contributed by atoms with E-state index in [2.05, 4.69) is 27.2 Å². The van der Waals surface area contributed by atoms with Crippen molar-refractivity contribution in [2.75, 3.05) is 50.1 Å². The summed E-state index contributed by atoms with van der Waals surface area (Å²) >= 11 is 7.43. The molecule has 32 heavy (non-hydrogen) atoms. The van der Waals surface area contributed by atoms with Crippen LogP contribution in [0.4, 0.5) is 10.7 Å². The Kier molecular flexibility index (Phi) is 7.52. The first-order chi connectivity index (χ1) is 15.6. The average Bonchev–Trinajstić information content (AvgIpc) is 2.99. The SMILES string of the molecule is CCOC(=O)c1c(NC(=S)N2CCN(c3ccc(OC)cc3)CC2)sc2c1CCCCC2. The van der Waals surface area contributed by atoms with Crippen LogP contribution in [0.25, 0.3) is 0 Å². The van der Waals surface area contributed by atoms with Gasteiger partial charge in [-0.25, -0.2) is 4.79 Å². The van der Waals surface area contributed by atoms with Gasteiger partial charge < -0.3 is 24.6 Å². The number of fused-ring (bicyclic) bond motifs is 1. The lowest BCUT2D eigenvalue weighted by atomic mass is 10.1. The second-order valence-electron chi connectivity index (χ2n) is 8.09. The van der Waals surface area contributed by atoms with Gasteiger partial charge in [0, 0.05) is 36.7 Å². The molecule has 8 heteroatoms. The minimum Gasteiger partial charge on any atom is -0.497 e. The van der Waals surface area contributed by atoms with E-state index in [4.69, 9.17) is 21.7 Å². The Morgan fingerprint density at radius 2 is 1.81 bits per heavy atom. The fourth-order valence-electron chi connectivity index (χ4n) is 4.39. The number of thiophene rings is 1. The maximum absolute atomic E-state index is 12.8. The molecule has 6 nitrogen and oxygen atoms in total. The summed E-state index contributed by atoms with van der Waals surface area (Å²) in [5.41, 5.74) is 3.06. The molecular weight excluding hydrogens is 442 g/mol. The van der Waals surface area contributed by atoms with E-state index in [1.807, 2.05) is 19.1 Å². The van der Waals surface area contributed by atoms with Crippen molar-refractivity contribution in [2.45, 2.75) is 39.0 Å². The van der Waals surface area contributed by atoms with Gasteiger partial charge in [-0.1, -0.05) is 6.42 Å². The Balaban J connectivity index is 1.43. The first kappa shape index (κ1) is 22.9. The monoisotopic (exact) mass is 473 g/mol. The van der Waals surface area contributed by atoms with E-state index in [0.29, 0.717) is 17.3 Å². The molecule has 0 spiro atoms. The largest absolute Gasteiger partial charge is 0.497 e. The first-order valence-corrected chi connectivity index (χ1v) is 12.6. The Morgan fingerprint density at radius 1 is 1.09 bits per heavy atom. The summed E-state index contributed by atoms with van der Waals surface area (Å²) in [4.78, 5) is 18.6. The van der Waals surface area contributed by atoms with Crippen molar-refractivity contribution in [1.82, 2.24) is 4.90 Å². The highest BCUT2D eigenvalue weighted by atomic mass is 32.1. The number of hydrogen-bond donors (Lipinski definition) is 1. The molecule has 2 aliphatic rings. The smallest absolute Gasteiger partial charge is 0.341 e. The van der Waals surface area contributed by atoms with Crippen LogP contribution in [-0.2, 0) is 17.6 Å². The molecule has 0 bridgehead atoms. The number of rotatable bonds is 5. The van der Waals surface area contributed by atoms with Crippen molar-refractivity contribution < 1.29 is 14.3 Å². The predicted octanol–water partition coefficient (Wildman–Crippen LogP) is 4.72. The van der Waals surface area contributed by atoms with E-state index in [1.165, 1.54) is 29.0 Å². The van der Waals surface area contributed by atoms with Gasteiger partial charge in [0.2, 0.25) is 0 Å². The Bertz CT molecular complexity index is 950. The summed E-state index contributed by atoms with van der Waals surface area (Å²) in [6.07, 6.45) is 5.47. The molecule has 1 fully saturated rings. The van der Waals surface area contributed by atoms with Crippen LogP contribution in [0.2, 0.25) is 0 Å². The van der Waals surface area contributed by atoms with Gasteiger partial charge in [0.15, 0.2) is 5.11 Å². The molecule has 1 N–H and O–H groups in total. The summed E-state index contributed by atoms with van der Waals surface area (Å²) in [6, 6.07) is 8.17. The summed E-state index contributed by atoms with van der Waals surface area (Å²) in [7, 11) is 1.68. The van der Waals surface area contributed by atoms with Crippen LogP contribution < -0.4 is 15.0 Å². The quantitative estimate of drug-likeness (QED) is 0.383. The highest BCUT2D eigenvalue weighted by molar-refractivity contribution is 7.80. The molecule has 1 aliphatic heterocycles. The Hall–Kier alpha value is -2.32. The second-order valence-corrected chi connectivity index (χ2v) is 9.58. The van der Waals surface area contributed by atoms with E-state index in [9.17, 15) is 4.79 Å². The van der Waals surface area contributed by atoms with Gasteiger partial charge in [0.1, 0.15) is 10.8 Å². The molecule has 0 unspecified atom stereocenters. The molecule has 1 saturated heterocycles. The molecule has 1 aromatic carbocycles. The van der Waals surface area contributed by atoms with E-state index in [1.54, 1.807) is 18.4 Å². The van der Waals surface area contributed by atoms with Crippen molar-refractivity contribution in [1.29, 1.82) is 0 Å². The van der Waals surface area contributed by atoms with Crippen LogP contribution in [0.15, 0.2) is 24.3 Å². The molecule has 2 heterocycles. The maximum atomic E-state index is 12.8. The van der Waals surface area contributed by atoms with Gasteiger partial charge in [-0.15, -0.1) is 11.3 Å². The van der Waals surface area contributed by atoms with Crippen LogP contribution >= 0.6 is 23.6 Å². The van der Waals surface area contributed by atoms with Crippen molar-refractivity contribution in [3.05, 3.63) is 40.3 Å². The van der Waals surface area contributed by atoms with Crippen molar-refractivity contribution in [3.8, 4) is 5.75 Å². The molecule has 0 atom stereocenters. The third kappa shape index (κ3) is 5.02. The van der Waals surface area contributed by atoms with Crippen LogP contribution in [-0.4, -0.2) is 55.9 Å². The van der Waals surface area contributed by atoms with E-state index >= 15 is 0 Å². The number of piperazine rings is 1. The number of thiocarbonyl (C=S) groups is 1. The van der Waals surface area contributed by atoms with Crippen LogP contribution in [0.1, 0.15) is 47.0 Å². The molecule has 1 aliphatic carbocycles. The molecule has 4 rings (SSSR count). The average molecular weight is 474 g/mol. The van der Waals surface area contributed by atoms with Gasteiger partial charge >= 0.3 is 5.97 Å². The third-order valence-electron chi connectivity index (χ3n) is 6.13. The number of nitrogens with zero attached hydrogens (tertiary/aromatic N) is 2. The highest BCUT2D eigenvalue weighted by Gasteiger charge is 2.27. The normalized spacial score (nSPS) is 16.2. The zero-order valence-corrected chi connectivity index (χ0v) is 20.4. The number of anilines is 2. The lowest BCUT2D eigenvalue weighted by Crippen LogP contribution is -2.50. The molecule has 0 amide bonds. The third-order valence-corrected chi connectivity index (χ3v) is 7.69. The van der Waals surface area contributed by atoms with Gasteiger partial charge in [-0.05, 0) is 74.7 Å². The number of carbonyl (C=O) groups is 1.